The normalized spacial score (nSPS) is 32.5. The molecule has 3 aliphatic rings. The predicted molar refractivity (Wildman–Crippen MR) is 128 cm³/mol. The smallest absolute Gasteiger partial charge is 0.419 e. The number of carbonyl (C=O) groups excluding carboxylic acids is 2. The van der Waals surface area contributed by atoms with Gasteiger partial charge in [0.25, 0.3) is 0 Å². The summed E-state index contributed by atoms with van der Waals surface area (Å²) in [5.41, 5.74) is 0.698. The molecule has 1 aliphatic heterocycles. The Kier molecular flexibility index (Phi) is 4.51. The lowest BCUT2D eigenvalue weighted by Crippen LogP contribution is -2.55. The highest BCUT2D eigenvalue weighted by Gasteiger charge is 2.66. The third kappa shape index (κ3) is 3.49. The number of rotatable bonds is 2. The van der Waals surface area contributed by atoms with Crippen molar-refractivity contribution in [2.45, 2.75) is 84.5 Å². The van der Waals surface area contributed by atoms with Crippen LogP contribution in [0.4, 0.5) is 4.79 Å². The first kappa shape index (κ1) is 22.2. The molecule has 2 aliphatic carbocycles. The quantitative estimate of drug-likeness (QED) is 0.563. The Morgan fingerprint density at radius 2 is 1.88 bits per heavy atom. The molecule has 0 amide bonds. The molecule has 2 saturated carbocycles. The predicted octanol–water partition coefficient (Wildman–Crippen LogP) is 5.55. The van der Waals surface area contributed by atoms with Gasteiger partial charge in [0.1, 0.15) is 11.2 Å². The van der Waals surface area contributed by atoms with E-state index in [-0.39, 0.29) is 11.4 Å². The standard InChI is InChI=1S/C27H34N2O4/c1-24(2,3)33-23(31)29-15-16(17-10-8-9-11-20(17)29)13-26(6)22(30)32-27(7)14-19-18(25(19,4)5)12-21(27)28-26/h8-11,15,18-19H,12-14H2,1-7H3/t18-,19+,26+,27+/m1/s1. The first-order chi connectivity index (χ1) is 15.2. The fraction of sp³-hybridized carbons (Fsp3) is 0.593. The van der Waals surface area contributed by atoms with Gasteiger partial charge in [0, 0.05) is 18.0 Å². The molecule has 1 aromatic heterocycles. The third-order valence-corrected chi connectivity index (χ3v) is 7.98. The van der Waals surface area contributed by atoms with Gasteiger partial charge >= 0.3 is 12.1 Å². The zero-order valence-electron chi connectivity index (χ0n) is 20.7. The SMILES string of the molecule is CC(C)(C)OC(=O)n1cc(C[C@]2(C)N=C3C[C@@H]4[C@H](C[C@]3(C)OC2=O)C4(C)C)c2ccccc21. The number of hydrogen-bond donors (Lipinski definition) is 0. The topological polar surface area (TPSA) is 69.9 Å². The maximum Gasteiger partial charge on any atom is 0.419 e. The van der Waals surface area contributed by atoms with Crippen LogP contribution in [-0.2, 0) is 20.7 Å². The number of aromatic nitrogens is 1. The summed E-state index contributed by atoms with van der Waals surface area (Å²) in [7, 11) is 0. The Morgan fingerprint density at radius 3 is 2.58 bits per heavy atom. The van der Waals surface area contributed by atoms with Crippen molar-refractivity contribution in [1.29, 1.82) is 0 Å². The van der Waals surface area contributed by atoms with Crippen LogP contribution in [-0.4, -0.2) is 39.1 Å². The molecule has 6 nitrogen and oxygen atoms in total. The van der Waals surface area contributed by atoms with Crippen LogP contribution in [0.5, 0.6) is 0 Å². The summed E-state index contributed by atoms with van der Waals surface area (Å²) in [5, 5.41) is 0.915. The molecule has 0 bridgehead atoms. The van der Waals surface area contributed by atoms with E-state index in [9.17, 15) is 9.59 Å². The number of carbonyl (C=O) groups is 2. The summed E-state index contributed by atoms with van der Waals surface area (Å²) in [4.78, 5) is 31.2. The fourth-order valence-corrected chi connectivity index (χ4v) is 5.89. The highest BCUT2D eigenvalue weighted by molar-refractivity contribution is 6.02. The molecule has 2 fully saturated rings. The Morgan fingerprint density at radius 1 is 1.18 bits per heavy atom. The van der Waals surface area contributed by atoms with Gasteiger partial charge in [-0.25, -0.2) is 9.59 Å². The van der Waals surface area contributed by atoms with Crippen LogP contribution >= 0.6 is 0 Å². The molecule has 2 heterocycles. The minimum atomic E-state index is -1.02. The number of benzene rings is 1. The molecule has 2 aromatic rings. The second-order valence-electron chi connectivity index (χ2n) is 12.1. The summed E-state index contributed by atoms with van der Waals surface area (Å²) < 4.78 is 13.3. The van der Waals surface area contributed by atoms with Crippen molar-refractivity contribution in [3.05, 3.63) is 36.0 Å². The van der Waals surface area contributed by atoms with Gasteiger partial charge in [-0.15, -0.1) is 0 Å². The molecule has 5 rings (SSSR count). The van der Waals surface area contributed by atoms with Crippen LogP contribution < -0.4 is 0 Å². The first-order valence-corrected chi connectivity index (χ1v) is 11.9. The van der Waals surface area contributed by atoms with Crippen molar-refractivity contribution >= 4 is 28.7 Å². The molecule has 0 N–H and O–H groups in total. The Bertz CT molecular complexity index is 1200. The van der Waals surface area contributed by atoms with Gasteiger partial charge in [0.2, 0.25) is 0 Å². The van der Waals surface area contributed by atoms with Gasteiger partial charge in [0.05, 0.1) is 11.2 Å². The second-order valence-corrected chi connectivity index (χ2v) is 12.1. The molecule has 6 heteroatoms. The number of aliphatic imine (C=N–C) groups is 1. The van der Waals surface area contributed by atoms with Crippen LogP contribution in [0.2, 0.25) is 0 Å². The monoisotopic (exact) mass is 450 g/mol. The molecule has 176 valence electrons. The fourth-order valence-electron chi connectivity index (χ4n) is 5.89. The molecular formula is C27H34N2O4. The first-order valence-electron chi connectivity index (χ1n) is 11.9. The maximum absolute atomic E-state index is 13.3. The summed E-state index contributed by atoms with van der Waals surface area (Å²) in [5.74, 6) is 0.907. The molecule has 0 spiro atoms. The van der Waals surface area contributed by atoms with Crippen molar-refractivity contribution in [2.75, 3.05) is 0 Å². The zero-order chi connectivity index (χ0) is 24.0. The molecule has 4 atom stereocenters. The lowest BCUT2D eigenvalue weighted by Gasteiger charge is -2.42. The van der Waals surface area contributed by atoms with Gasteiger partial charge < -0.3 is 9.47 Å². The highest BCUT2D eigenvalue weighted by atomic mass is 16.6. The minimum absolute atomic E-state index is 0.284. The van der Waals surface area contributed by atoms with Crippen LogP contribution in [0.15, 0.2) is 35.5 Å². The lowest BCUT2D eigenvalue weighted by molar-refractivity contribution is -0.162. The minimum Gasteiger partial charge on any atom is -0.451 e. The van der Waals surface area contributed by atoms with Gasteiger partial charge in [-0.1, -0.05) is 32.0 Å². The number of para-hydroxylation sites is 1. The van der Waals surface area contributed by atoms with E-state index in [1.807, 2.05) is 58.9 Å². The van der Waals surface area contributed by atoms with Crippen molar-refractivity contribution in [2.24, 2.45) is 22.2 Å². The van der Waals surface area contributed by atoms with Gasteiger partial charge in [-0.3, -0.25) is 9.56 Å². The molecule has 1 aromatic carbocycles. The van der Waals surface area contributed by atoms with E-state index in [1.54, 1.807) is 6.20 Å². The van der Waals surface area contributed by atoms with Crippen LogP contribution in [0.1, 0.15) is 66.9 Å². The van der Waals surface area contributed by atoms with E-state index >= 15 is 0 Å². The van der Waals surface area contributed by atoms with Crippen LogP contribution in [0.25, 0.3) is 10.9 Å². The van der Waals surface area contributed by atoms with E-state index in [1.165, 1.54) is 4.57 Å². The third-order valence-electron chi connectivity index (χ3n) is 7.98. The Balaban J connectivity index is 1.51. The highest BCUT2D eigenvalue weighted by Crippen LogP contribution is 2.66. The number of esters is 1. The number of ether oxygens (including phenoxy) is 2. The molecule has 0 unspecified atom stereocenters. The van der Waals surface area contributed by atoms with E-state index in [4.69, 9.17) is 14.5 Å². The summed E-state index contributed by atoms with van der Waals surface area (Å²) in [6, 6.07) is 7.69. The summed E-state index contributed by atoms with van der Waals surface area (Å²) in [6.45, 7) is 14.0. The Hall–Kier alpha value is -2.63. The molecular weight excluding hydrogens is 416 g/mol. The number of nitrogens with zero attached hydrogens (tertiary/aromatic N) is 2. The molecule has 0 saturated heterocycles. The average molecular weight is 451 g/mol. The summed E-state index contributed by atoms with van der Waals surface area (Å²) >= 11 is 0. The van der Waals surface area contributed by atoms with Crippen molar-refractivity contribution < 1.29 is 19.1 Å². The van der Waals surface area contributed by atoms with E-state index in [2.05, 4.69) is 13.8 Å². The second kappa shape index (κ2) is 6.71. The van der Waals surface area contributed by atoms with E-state index in [0.717, 1.165) is 35.0 Å². The maximum atomic E-state index is 13.3. The Labute approximate surface area is 195 Å². The largest absolute Gasteiger partial charge is 0.451 e. The summed E-state index contributed by atoms with van der Waals surface area (Å²) in [6.07, 6.45) is 3.44. The van der Waals surface area contributed by atoms with Crippen LogP contribution in [0, 0.1) is 17.3 Å². The van der Waals surface area contributed by atoms with E-state index in [0.29, 0.717) is 18.3 Å². The van der Waals surface area contributed by atoms with Gasteiger partial charge in [-0.05, 0) is 76.3 Å². The lowest BCUT2D eigenvalue weighted by atomic mass is 9.80. The van der Waals surface area contributed by atoms with Gasteiger partial charge in [-0.2, -0.15) is 0 Å². The van der Waals surface area contributed by atoms with Crippen molar-refractivity contribution in [3.63, 3.8) is 0 Å². The average Bonchev–Trinajstić information content (AvgIpc) is 3.03. The zero-order valence-corrected chi connectivity index (χ0v) is 20.7. The molecule has 33 heavy (non-hydrogen) atoms. The number of hydrogen-bond acceptors (Lipinski definition) is 5. The van der Waals surface area contributed by atoms with Crippen molar-refractivity contribution in [3.8, 4) is 0 Å². The van der Waals surface area contributed by atoms with E-state index < -0.39 is 22.8 Å². The van der Waals surface area contributed by atoms with Gasteiger partial charge in [0.15, 0.2) is 5.54 Å². The number of fused-ring (bicyclic) bond motifs is 3. The van der Waals surface area contributed by atoms with Crippen LogP contribution in [0.3, 0.4) is 0 Å². The molecule has 0 radical (unpaired) electrons. The van der Waals surface area contributed by atoms with Crippen molar-refractivity contribution in [1.82, 2.24) is 4.57 Å².